The molecule has 0 unspecified atom stereocenters. The van der Waals surface area contributed by atoms with Crippen LogP contribution in [0.5, 0.6) is 17.2 Å². The van der Waals surface area contributed by atoms with Gasteiger partial charge in [-0.1, -0.05) is 11.6 Å². The number of methoxy groups -OCH3 is 3. The molecule has 0 heterocycles. The summed E-state index contributed by atoms with van der Waals surface area (Å²) in [6.07, 6.45) is 0.525. The maximum Gasteiger partial charge on any atom is 0.306 e. The van der Waals surface area contributed by atoms with Crippen molar-refractivity contribution in [2.24, 2.45) is 0 Å². The Morgan fingerprint density at radius 1 is 0.926 bits per heavy atom. The number of benzene rings is 2. The van der Waals surface area contributed by atoms with Gasteiger partial charge in [-0.15, -0.1) is 0 Å². The van der Waals surface area contributed by atoms with Crippen LogP contribution in [0.15, 0.2) is 36.4 Å². The molecule has 2 aromatic carbocycles. The molecule has 27 heavy (non-hydrogen) atoms. The minimum atomic E-state index is -0.467. The van der Waals surface area contributed by atoms with Crippen LogP contribution in [0.2, 0.25) is 5.02 Å². The molecule has 0 aliphatic heterocycles. The van der Waals surface area contributed by atoms with Gasteiger partial charge in [-0.2, -0.15) is 0 Å². The standard InChI is InChI=1S/C20H21ClO6/c1-24-17-10-13(11-18(25-2)20(17)26-3)4-9-19(23)27-12-16(22)14-5-7-15(21)8-6-14/h5-8,10-11H,4,9,12H2,1-3H3. The van der Waals surface area contributed by atoms with E-state index in [0.717, 1.165) is 5.56 Å². The molecule has 0 aliphatic rings. The van der Waals surface area contributed by atoms with Crippen molar-refractivity contribution in [1.82, 2.24) is 0 Å². The number of Topliss-reactive ketones (excluding diaryl/α,β-unsaturated/α-hetero) is 1. The Morgan fingerprint density at radius 3 is 2.04 bits per heavy atom. The normalized spacial score (nSPS) is 10.2. The van der Waals surface area contributed by atoms with Gasteiger partial charge in [0.1, 0.15) is 0 Å². The third-order valence-electron chi connectivity index (χ3n) is 3.87. The summed E-state index contributed by atoms with van der Waals surface area (Å²) in [6.45, 7) is -0.310. The highest BCUT2D eigenvalue weighted by atomic mass is 35.5. The summed E-state index contributed by atoms with van der Waals surface area (Å²) in [5.74, 6) is 0.759. The van der Waals surface area contributed by atoms with Crippen molar-refractivity contribution in [3.05, 3.63) is 52.5 Å². The molecule has 0 N–H and O–H groups in total. The molecule has 0 bridgehead atoms. The molecule has 2 aromatic rings. The second-order valence-corrected chi connectivity index (χ2v) is 6.06. The van der Waals surface area contributed by atoms with Crippen molar-refractivity contribution < 1.29 is 28.5 Å². The highest BCUT2D eigenvalue weighted by Crippen LogP contribution is 2.38. The van der Waals surface area contributed by atoms with E-state index in [9.17, 15) is 9.59 Å². The van der Waals surface area contributed by atoms with E-state index in [0.29, 0.717) is 34.3 Å². The molecule has 0 aliphatic carbocycles. The van der Waals surface area contributed by atoms with E-state index in [1.54, 1.807) is 36.4 Å². The first kappa shape index (κ1) is 20.6. The number of ketones is 1. The second kappa shape index (κ2) is 9.83. The molecule has 0 amide bonds. The predicted molar refractivity (Wildman–Crippen MR) is 101 cm³/mol. The maximum absolute atomic E-state index is 12.0. The number of esters is 1. The van der Waals surface area contributed by atoms with E-state index in [-0.39, 0.29) is 18.8 Å². The molecule has 0 saturated heterocycles. The molecule has 0 radical (unpaired) electrons. The van der Waals surface area contributed by atoms with Gasteiger partial charge in [0.05, 0.1) is 21.3 Å². The summed E-state index contributed by atoms with van der Waals surface area (Å²) >= 11 is 5.78. The van der Waals surface area contributed by atoms with Crippen LogP contribution in [0.1, 0.15) is 22.3 Å². The lowest BCUT2D eigenvalue weighted by atomic mass is 10.1. The highest BCUT2D eigenvalue weighted by Gasteiger charge is 2.15. The fraction of sp³-hybridized carbons (Fsp3) is 0.300. The average Bonchev–Trinajstić information content (AvgIpc) is 2.69. The Morgan fingerprint density at radius 2 is 1.52 bits per heavy atom. The molecular weight excluding hydrogens is 372 g/mol. The van der Waals surface area contributed by atoms with E-state index < -0.39 is 5.97 Å². The molecule has 7 heteroatoms. The maximum atomic E-state index is 12.0. The smallest absolute Gasteiger partial charge is 0.306 e. The lowest BCUT2D eigenvalue weighted by Crippen LogP contribution is -2.14. The number of carbonyl (C=O) groups is 2. The number of ether oxygens (including phenoxy) is 4. The summed E-state index contributed by atoms with van der Waals surface area (Å²) in [7, 11) is 4.57. The van der Waals surface area contributed by atoms with Crippen LogP contribution in [-0.4, -0.2) is 39.7 Å². The third-order valence-corrected chi connectivity index (χ3v) is 4.12. The molecular formula is C20H21ClO6. The second-order valence-electron chi connectivity index (χ2n) is 5.62. The Kier molecular flexibility index (Phi) is 7.49. The Bertz CT molecular complexity index is 776. The van der Waals surface area contributed by atoms with Gasteiger partial charge in [0, 0.05) is 17.0 Å². The number of halogens is 1. The highest BCUT2D eigenvalue weighted by molar-refractivity contribution is 6.30. The average molecular weight is 393 g/mol. The number of rotatable bonds is 9. The van der Waals surface area contributed by atoms with Gasteiger partial charge in [0.15, 0.2) is 23.9 Å². The minimum absolute atomic E-state index is 0.118. The van der Waals surface area contributed by atoms with Gasteiger partial charge < -0.3 is 18.9 Å². The summed E-state index contributed by atoms with van der Waals surface area (Å²) in [6, 6.07) is 9.95. The SMILES string of the molecule is COc1cc(CCC(=O)OCC(=O)c2ccc(Cl)cc2)cc(OC)c1OC. The zero-order valence-corrected chi connectivity index (χ0v) is 16.2. The van der Waals surface area contributed by atoms with Gasteiger partial charge in [0.2, 0.25) is 5.75 Å². The fourth-order valence-corrected chi connectivity index (χ4v) is 2.59. The van der Waals surface area contributed by atoms with Crippen molar-refractivity contribution in [1.29, 1.82) is 0 Å². The fourth-order valence-electron chi connectivity index (χ4n) is 2.46. The Hall–Kier alpha value is -2.73. The Balaban J connectivity index is 1.91. The topological polar surface area (TPSA) is 71.1 Å². The molecule has 6 nitrogen and oxygen atoms in total. The minimum Gasteiger partial charge on any atom is -0.493 e. The van der Waals surface area contributed by atoms with Crippen LogP contribution in [0.25, 0.3) is 0 Å². The quantitative estimate of drug-likeness (QED) is 0.478. The molecule has 0 saturated carbocycles. The lowest BCUT2D eigenvalue weighted by Gasteiger charge is -2.14. The van der Waals surface area contributed by atoms with Crippen LogP contribution in [0.3, 0.4) is 0 Å². The van der Waals surface area contributed by atoms with Gasteiger partial charge in [-0.3, -0.25) is 9.59 Å². The predicted octanol–water partition coefficient (Wildman–Crippen LogP) is 3.72. The van der Waals surface area contributed by atoms with Crippen LogP contribution in [0.4, 0.5) is 0 Å². The van der Waals surface area contributed by atoms with E-state index in [4.69, 9.17) is 30.5 Å². The van der Waals surface area contributed by atoms with E-state index in [1.165, 1.54) is 21.3 Å². The molecule has 144 valence electrons. The van der Waals surface area contributed by atoms with Crippen molar-refractivity contribution in [3.8, 4) is 17.2 Å². The third kappa shape index (κ3) is 5.62. The monoisotopic (exact) mass is 392 g/mol. The van der Waals surface area contributed by atoms with Crippen molar-refractivity contribution in [3.63, 3.8) is 0 Å². The van der Waals surface area contributed by atoms with Crippen molar-refractivity contribution in [2.75, 3.05) is 27.9 Å². The summed E-state index contributed by atoms with van der Waals surface area (Å²) < 4.78 is 20.9. The lowest BCUT2D eigenvalue weighted by molar-refractivity contribution is -0.142. The molecule has 0 aromatic heterocycles. The summed E-state index contributed by atoms with van der Waals surface area (Å²) in [4.78, 5) is 24.0. The molecule has 2 rings (SSSR count). The first-order chi connectivity index (χ1) is 13.0. The number of carbonyl (C=O) groups excluding carboxylic acids is 2. The van der Waals surface area contributed by atoms with Crippen LogP contribution in [0, 0.1) is 0 Å². The number of hydrogen-bond donors (Lipinski definition) is 0. The van der Waals surface area contributed by atoms with E-state index in [2.05, 4.69) is 0 Å². The first-order valence-corrected chi connectivity index (χ1v) is 8.59. The number of hydrogen-bond acceptors (Lipinski definition) is 6. The van der Waals surface area contributed by atoms with E-state index in [1.807, 2.05) is 0 Å². The van der Waals surface area contributed by atoms with Gasteiger partial charge in [0.25, 0.3) is 0 Å². The first-order valence-electron chi connectivity index (χ1n) is 8.21. The molecule has 0 spiro atoms. The van der Waals surface area contributed by atoms with Gasteiger partial charge in [-0.05, 0) is 48.4 Å². The summed E-state index contributed by atoms with van der Waals surface area (Å²) in [5.41, 5.74) is 1.27. The van der Waals surface area contributed by atoms with Crippen LogP contribution >= 0.6 is 11.6 Å². The molecule has 0 fully saturated rings. The Labute approximate surface area is 162 Å². The largest absolute Gasteiger partial charge is 0.493 e. The van der Waals surface area contributed by atoms with Crippen LogP contribution < -0.4 is 14.2 Å². The zero-order chi connectivity index (χ0) is 19.8. The van der Waals surface area contributed by atoms with Gasteiger partial charge in [-0.25, -0.2) is 0 Å². The van der Waals surface area contributed by atoms with E-state index >= 15 is 0 Å². The zero-order valence-electron chi connectivity index (χ0n) is 15.4. The van der Waals surface area contributed by atoms with Crippen molar-refractivity contribution >= 4 is 23.4 Å². The van der Waals surface area contributed by atoms with Crippen molar-refractivity contribution in [2.45, 2.75) is 12.8 Å². The van der Waals surface area contributed by atoms with Gasteiger partial charge >= 0.3 is 5.97 Å². The number of aryl methyl sites for hydroxylation is 1. The van der Waals surface area contributed by atoms with Crippen LogP contribution in [-0.2, 0) is 16.0 Å². The summed E-state index contributed by atoms with van der Waals surface area (Å²) in [5, 5.41) is 0.536. The molecule has 0 atom stereocenters.